The first-order valence-electron chi connectivity index (χ1n) is 15.7. The molecule has 4 heteroatoms. The van der Waals surface area contributed by atoms with Gasteiger partial charge in [-0.3, -0.25) is 4.57 Å². The number of hydrogen-bond acceptors (Lipinski definition) is 3. The first kappa shape index (κ1) is 27.6. The lowest BCUT2D eigenvalue weighted by molar-refractivity contribution is 0.616. The van der Waals surface area contributed by atoms with E-state index in [1.54, 1.807) is 17.6 Å². The van der Waals surface area contributed by atoms with Crippen LogP contribution >= 0.6 is 11.3 Å². The molecule has 0 aliphatic carbocycles. The Kier molecular flexibility index (Phi) is 6.69. The molecular weight excluding hydrogens is 569 g/mol. The van der Waals surface area contributed by atoms with E-state index in [1.165, 1.54) is 49.2 Å². The second kappa shape index (κ2) is 10.9. The summed E-state index contributed by atoms with van der Waals surface area (Å²) in [6.45, 7) is 9.22. The van der Waals surface area contributed by atoms with E-state index in [2.05, 4.69) is 141 Å². The molecule has 5 aromatic carbocycles. The van der Waals surface area contributed by atoms with Gasteiger partial charge < -0.3 is 4.42 Å². The second-order valence-corrected chi connectivity index (χ2v) is 13.4. The molecule has 3 nitrogen and oxygen atoms in total. The highest BCUT2D eigenvalue weighted by Gasteiger charge is 2.24. The van der Waals surface area contributed by atoms with Crippen LogP contribution in [0.3, 0.4) is 0 Å². The van der Waals surface area contributed by atoms with E-state index in [1.807, 2.05) is 6.07 Å². The number of rotatable bonds is 6. The van der Waals surface area contributed by atoms with Crippen molar-refractivity contribution < 1.29 is 4.42 Å². The minimum absolute atomic E-state index is 0.318. The maximum atomic E-state index is 5.60. The van der Waals surface area contributed by atoms with Crippen molar-refractivity contribution in [2.45, 2.75) is 39.5 Å². The van der Waals surface area contributed by atoms with Crippen LogP contribution in [0, 0.1) is 0 Å². The molecule has 0 amide bonds. The van der Waals surface area contributed by atoms with Crippen molar-refractivity contribution in [1.29, 1.82) is 0 Å². The van der Waals surface area contributed by atoms with Crippen LogP contribution in [0.1, 0.15) is 50.7 Å². The Morgan fingerprint density at radius 2 is 1.38 bits per heavy atom. The molecule has 3 heterocycles. The first-order chi connectivity index (χ1) is 22.0. The highest BCUT2D eigenvalue weighted by atomic mass is 32.1. The topological polar surface area (TPSA) is 31.0 Å². The fraction of sp³-hybridized carbons (Fsp3) is 0.146. The summed E-state index contributed by atoms with van der Waals surface area (Å²) in [7, 11) is 0. The number of nitrogens with zero attached hydrogens (tertiary/aromatic N) is 2. The van der Waals surface area contributed by atoms with Crippen LogP contribution in [-0.2, 0) is 0 Å². The quantitative estimate of drug-likeness (QED) is 0.190. The number of fused-ring (bicyclic) bond motifs is 3. The number of aromatic nitrogens is 2. The van der Waals surface area contributed by atoms with Crippen molar-refractivity contribution in [3.8, 4) is 39.3 Å². The number of furan rings is 1. The van der Waals surface area contributed by atoms with Crippen LogP contribution in [0.2, 0.25) is 0 Å². The van der Waals surface area contributed by atoms with Gasteiger partial charge in [-0.1, -0.05) is 82.3 Å². The van der Waals surface area contributed by atoms with Gasteiger partial charge in [-0.05, 0) is 99.8 Å². The minimum atomic E-state index is 0.318. The van der Waals surface area contributed by atoms with Crippen molar-refractivity contribution in [2.24, 2.45) is 0 Å². The summed E-state index contributed by atoms with van der Waals surface area (Å²) in [6, 6.07) is 39.4. The SMILES string of the molecule is CC(C)c1cc(-c2ccccc2)cc(C(C)C)c1-n1c(-c2csc3ccc(-c4ccc5occc5c4)cc23)nc2ccccc21. The summed E-state index contributed by atoms with van der Waals surface area (Å²) in [5, 5.41) is 4.62. The Morgan fingerprint density at radius 3 is 2.16 bits per heavy atom. The largest absolute Gasteiger partial charge is 0.464 e. The van der Waals surface area contributed by atoms with Crippen LogP contribution in [-0.4, -0.2) is 9.55 Å². The summed E-state index contributed by atoms with van der Waals surface area (Å²) in [5.41, 5.74) is 13.0. The lowest BCUT2D eigenvalue weighted by atomic mass is 9.88. The summed E-state index contributed by atoms with van der Waals surface area (Å²) in [4.78, 5) is 5.36. The predicted octanol–water partition coefficient (Wildman–Crippen LogP) is 12.2. The zero-order chi connectivity index (χ0) is 30.7. The van der Waals surface area contributed by atoms with Gasteiger partial charge >= 0.3 is 0 Å². The fourth-order valence-corrected chi connectivity index (χ4v) is 7.50. The van der Waals surface area contributed by atoms with E-state index >= 15 is 0 Å². The Bertz CT molecular complexity index is 2310. The third-order valence-corrected chi connectivity index (χ3v) is 9.87. The number of imidazole rings is 1. The third kappa shape index (κ3) is 4.68. The fourth-order valence-electron chi connectivity index (χ4n) is 6.58. The van der Waals surface area contributed by atoms with Gasteiger partial charge in [-0.2, -0.15) is 0 Å². The molecule has 0 N–H and O–H groups in total. The van der Waals surface area contributed by atoms with Crippen molar-refractivity contribution in [2.75, 3.05) is 0 Å². The maximum absolute atomic E-state index is 5.60. The molecule has 0 saturated heterocycles. The van der Waals surface area contributed by atoms with Gasteiger partial charge in [0.25, 0.3) is 0 Å². The molecule has 3 aromatic heterocycles. The van der Waals surface area contributed by atoms with E-state index in [9.17, 15) is 0 Å². The molecule has 0 radical (unpaired) electrons. The Labute approximate surface area is 267 Å². The van der Waals surface area contributed by atoms with Crippen molar-refractivity contribution in [3.63, 3.8) is 0 Å². The Balaban J connectivity index is 1.39. The monoisotopic (exact) mass is 602 g/mol. The average molecular weight is 603 g/mol. The van der Waals surface area contributed by atoms with E-state index in [0.29, 0.717) is 11.8 Å². The van der Waals surface area contributed by atoms with E-state index in [-0.39, 0.29) is 0 Å². The average Bonchev–Trinajstić information content (AvgIpc) is 3.80. The Morgan fingerprint density at radius 1 is 0.667 bits per heavy atom. The summed E-state index contributed by atoms with van der Waals surface area (Å²) in [6.07, 6.45) is 1.75. The number of benzene rings is 5. The molecule has 220 valence electrons. The maximum Gasteiger partial charge on any atom is 0.147 e. The standard InChI is InChI=1S/C41H34N2OS/c1-25(2)32-22-31(27-10-6-5-7-11-27)23-33(26(3)4)40(32)43-37-13-9-8-12-36(37)42-41(43)35-24-45-39-17-15-29(21-34(35)39)28-14-16-38-30(20-28)18-19-44-38/h5-26H,1-4H3. The molecule has 0 aliphatic heterocycles. The molecule has 8 rings (SSSR count). The molecule has 0 bridgehead atoms. The molecule has 0 unspecified atom stereocenters. The van der Waals surface area contributed by atoms with Crippen LogP contribution in [0.15, 0.2) is 125 Å². The summed E-state index contributed by atoms with van der Waals surface area (Å²) < 4.78 is 9.30. The molecule has 0 atom stereocenters. The number of para-hydroxylation sites is 2. The molecule has 8 aromatic rings. The van der Waals surface area contributed by atoms with Gasteiger partial charge in [-0.25, -0.2) is 4.98 Å². The van der Waals surface area contributed by atoms with Gasteiger partial charge in [-0.15, -0.1) is 11.3 Å². The number of thiophene rings is 1. The van der Waals surface area contributed by atoms with Crippen LogP contribution < -0.4 is 0 Å². The number of hydrogen-bond donors (Lipinski definition) is 0. The predicted molar refractivity (Wildman–Crippen MR) is 191 cm³/mol. The highest BCUT2D eigenvalue weighted by molar-refractivity contribution is 7.17. The van der Waals surface area contributed by atoms with E-state index in [4.69, 9.17) is 9.40 Å². The van der Waals surface area contributed by atoms with Gasteiger partial charge in [0.05, 0.1) is 23.0 Å². The van der Waals surface area contributed by atoms with Crippen molar-refractivity contribution in [1.82, 2.24) is 9.55 Å². The summed E-state index contributed by atoms with van der Waals surface area (Å²) >= 11 is 1.78. The highest BCUT2D eigenvalue weighted by Crippen LogP contribution is 2.43. The molecule has 0 fully saturated rings. The Hall–Kier alpha value is -4.93. The second-order valence-electron chi connectivity index (χ2n) is 12.5. The van der Waals surface area contributed by atoms with Crippen molar-refractivity contribution >= 4 is 43.4 Å². The van der Waals surface area contributed by atoms with Crippen molar-refractivity contribution in [3.05, 3.63) is 132 Å². The van der Waals surface area contributed by atoms with Crippen LogP contribution in [0.5, 0.6) is 0 Å². The van der Waals surface area contributed by atoms with Gasteiger partial charge in [0, 0.05) is 26.4 Å². The molecular formula is C41H34N2OS. The summed E-state index contributed by atoms with van der Waals surface area (Å²) in [5.74, 6) is 1.62. The zero-order valence-electron chi connectivity index (χ0n) is 25.9. The normalized spacial score (nSPS) is 12.0. The minimum Gasteiger partial charge on any atom is -0.464 e. The third-order valence-electron chi connectivity index (χ3n) is 8.90. The van der Waals surface area contributed by atoms with E-state index in [0.717, 1.165) is 33.4 Å². The lowest BCUT2D eigenvalue weighted by Gasteiger charge is -2.24. The first-order valence-corrected chi connectivity index (χ1v) is 16.5. The van der Waals surface area contributed by atoms with Crippen LogP contribution in [0.4, 0.5) is 0 Å². The molecule has 0 aliphatic rings. The van der Waals surface area contributed by atoms with Gasteiger partial charge in [0.1, 0.15) is 11.4 Å². The zero-order valence-corrected chi connectivity index (χ0v) is 26.7. The molecule has 45 heavy (non-hydrogen) atoms. The van der Waals surface area contributed by atoms with Crippen LogP contribution in [0.25, 0.3) is 71.4 Å². The lowest BCUT2D eigenvalue weighted by Crippen LogP contribution is -2.09. The molecule has 0 spiro atoms. The van der Waals surface area contributed by atoms with E-state index < -0.39 is 0 Å². The smallest absolute Gasteiger partial charge is 0.147 e. The van der Waals surface area contributed by atoms with Gasteiger partial charge in [0.2, 0.25) is 0 Å². The van der Waals surface area contributed by atoms with Gasteiger partial charge in [0.15, 0.2) is 0 Å². The molecule has 0 saturated carbocycles.